The van der Waals surface area contributed by atoms with Crippen LogP contribution in [0.4, 0.5) is 13.2 Å². The van der Waals surface area contributed by atoms with Crippen LogP contribution in [0.15, 0.2) is 0 Å². The first-order valence-electron chi connectivity index (χ1n) is 7.07. The topological polar surface area (TPSA) is 15.3 Å². The Kier molecular flexibility index (Phi) is 5.29. The van der Waals surface area contributed by atoms with Gasteiger partial charge >= 0.3 is 6.18 Å². The van der Waals surface area contributed by atoms with Crippen LogP contribution >= 0.6 is 0 Å². The summed E-state index contributed by atoms with van der Waals surface area (Å²) in [5.74, 6) is 0.337. The highest BCUT2D eigenvalue weighted by atomic mass is 19.4. The van der Waals surface area contributed by atoms with Gasteiger partial charge in [0.05, 0.1) is 6.54 Å². The minimum Gasteiger partial charge on any atom is -0.312 e. The molecule has 114 valence electrons. The lowest BCUT2D eigenvalue weighted by molar-refractivity contribution is -0.163. The summed E-state index contributed by atoms with van der Waals surface area (Å²) in [4.78, 5) is 1.61. The van der Waals surface area contributed by atoms with E-state index in [-0.39, 0.29) is 17.6 Å². The van der Waals surface area contributed by atoms with E-state index in [1.54, 1.807) is 4.90 Å². The maximum atomic E-state index is 12.6. The molecule has 1 rings (SSSR count). The maximum absolute atomic E-state index is 12.6. The van der Waals surface area contributed by atoms with Gasteiger partial charge in [-0.2, -0.15) is 13.2 Å². The van der Waals surface area contributed by atoms with Gasteiger partial charge in [-0.05, 0) is 59.9 Å². The second-order valence-electron chi connectivity index (χ2n) is 6.92. The molecule has 1 aliphatic carbocycles. The van der Waals surface area contributed by atoms with Crippen molar-refractivity contribution in [3.63, 3.8) is 0 Å². The standard InChI is InChI=1S/C14H27F3N2/c1-10(2)19(9-14(15,16)17)12-7-6-11(12)8-18-13(3,4)5/h10-12,18H,6-9H2,1-5H3. The number of halogens is 3. The zero-order valence-electron chi connectivity index (χ0n) is 12.6. The summed E-state index contributed by atoms with van der Waals surface area (Å²) in [6.07, 6.45) is -2.21. The molecule has 2 unspecified atom stereocenters. The minimum absolute atomic E-state index is 0.0207. The van der Waals surface area contributed by atoms with Gasteiger partial charge < -0.3 is 5.32 Å². The Morgan fingerprint density at radius 1 is 1.16 bits per heavy atom. The number of hydrogen-bond acceptors (Lipinski definition) is 2. The molecule has 5 heteroatoms. The van der Waals surface area contributed by atoms with E-state index in [1.165, 1.54) is 0 Å². The predicted molar refractivity (Wildman–Crippen MR) is 72.2 cm³/mol. The van der Waals surface area contributed by atoms with Crippen LogP contribution < -0.4 is 5.32 Å². The molecule has 19 heavy (non-hydrogen) atoms. The lowest BCUT2D eigenvalue weighted by atomic mass is 9.77. The normalized spacial score (nSPS) is 24.9. The van der Waals surface area contributed by atoms with E-state index in [4.69, 9.17) is 0 Å². The lowest BCUT2D eigenvalue weighted by Gasteiger charge is -2.47. The molecule has 0 amide bonds. The Balaban J connectivity index is 2.56. The SMILES string of the molecule is CC(C)N(CC(F)(F)F)C1CCC1CNC(C)(C)C. The lowest BCUT2D eigenvalue weighted by Crippen LogP contribution is -2.56. The average molecular weight is 280 g/mol. The summed E-state index contributed by atoms with van der Waals surface area (Å²) in [5.41, 5.74) is 0.0207. The molecular weight excluding hydrogens is 253 g/mol. The van der Waals surface area contributed by atoms with Crippen LogP contribution in [0.25, 0.3) is 0 Å². The zero-order valence-corrected chi connectivity index (χ0v) is 12.6. The Bertz CT molecular complexity index is 281. The van der Waals surface area contributed by atoms with Gasteiger partial charge in [-0.25, -0.2) is 0 Å². The largest absolute Gasteiger partial charge is 0.401 e. The molecule has 0 bridgehead atoms. The second-order valence-corrected chi connectivity index (χ2v) is 6.92. The van der Waals surface area contributed by atoms with Gasteiger partial charge in [0.2, 0.25) is 0 Å². The van der Waals surface area contributed by atoms with Crippen molar-refractivity contribution in [3.05, 3.63) is 0 Å². The zero-order chi connectivity index (χ0) is 14.8. The van der Waals surface area contributed by atoms with Gasteiger partial charge in [-0.15, -0.1) is 0 Å². The molecule has 0 heterocycles. The Hall–Kier alpha value is -0.290. The van der Waals surface area contributed by atoms with Gasteiger partial charge in [0.15, 0.2) is 0 Å². The summed E-state index contributed by atoms with van der Waals surface area (Å²) in [6.45, 7) is 9.94. The Morgan fingerprint density at radius 2 is 1.74 bits per heavy atom. The number of alkyl halides is 3. The Morgan fingerprint density at radius 3 is 2.05 bits per heavy atom. The molecule has 0 aromatic heterocycles. The molecule has 1 fully saturated rings. The number of nitrogens with zero attached hydrogens (tertiary/aromatic N) is 1. The van der Waals surface area contributed by atoms with E-state index in [9.17, 15) is 13.2 Å². The van der Waals surface area contributed by atoms with Crippen LogP contribution in [-0.4, -0.2) is 41.8 Å². The van der Waals surface area contributed by atoms with Crippen molar-refractivity contribution in [3.8, 4) is 0 Å². The van der Waals surface area contributed by atoms with Crippen LogP contribution in [0.2, 0.25) is 0 Å². The molecule has 1 saturated carbocycles. The molecule has 1 N–H and O–H groups in total. The molecule has 0 spiro atoms. The number of nitrogens with one attached hydrogen (secondary N) is 1. The third-order valence-corrected chi connectivity index (χ3v) is 3.72. The molecular formula is C14H27F3N2. The van der Waals surface area contributed by atoms with E-state index in [1.807, 2.05) is 13.8 Å². The fraction of sp³-hybridized carbons (Fsp3) is 1.00. The fourth-order valence-corrected chi connectivity index (χ4v) is 2.55. The second kappa shape index (κ2) is 6.00. The quantitative estimate of drug-likeness (QED) is 0.830. The number of hydrogen-bond donors (Lipinski definition) is 1. The molecule has 0 aliphatic heterocycles. The first-order valence-corrected chi connectivity index (χ1v) is 7.07. The van der Waals surface area contributed by atoms with Crippen LogP contribution in [0.1, 0.15) is 47.5 Å². The van der Waals surface area contributed by atoms with Gasteiger partial charge in [-0.3, -0.25) is 4.90 Å². The van der Waals surface area contributed by atoms with E-state index >= 15 is 0 Å². The summed E-state index contributed by atoms with van der Waals surface area (Å²) in [7, 11) is 0. The highest BCUT2D eigenvalue weighted by Gasteiger charge is 2.41. The summed E-state index contributed by atoms with van der Waals surface area (Å²) >= 11 is 0. The van der Waals surface area contributed by atoms with Crippen LogP contribution in [0.5, 0.6) is 0 Å². The summed E-state index contributed by atoms with van der Waals surface area (Å²) in [5, 5.41) is 3.40. The van der Waals surface area contributed by atoms with Gasteiger partial charge in [0, 0.05) is 17.6 Å². The third-order valence-electron chi connectivity index (χ3n) is 3.72. The van der Waals surface area contributed by atoms with Gasteiger partial charge in [0.1, 0.15) is 0 Å². The summed E-state index contributed by atoms with van der Waals surface area (Å²) < 4.78 is 37.9. The molecule has 0 aromatic rings. The van der Waals surface area contributed by atoms with Crippen molar-refractivity contribution >= 4 is 0 Å². The summed E-state index contributed by atoms with van der Waals surface area (Å²) in [6, 6.07) is 0.000497. The van der Waals surface area contributed by atoms with Crippen LogP contribution in [0, 0.1) is 5.92 Å². The molecule has 2 atom stereocenters. The first-order chi connectivity index (χ1) is 8.49. The van der Waals surface area contributed by atoms with Crippen molar-refractivity contribution in [2.45, 2.75) is 71.3 Å². The molecule has 2 nitrogen and oxygen atoms in total. The van der Waals surface area contributed by atoms with Crippen molar-refractivity contribution in [2.75, 3.05) is 13.1 Å². The fourth-order valence-electron chi connectivity index (χ4n) is 2.55. The van der Waals surface area contributed by atoms with E-state index in [0.717, 1.165) is 19.4 Å². The van der Waals surface area contributed by atoms with E-state index in [2.05, 4.69) is 26.1 Å². The van der Waals surface area contributed by atoms with Crippen molar-refractivity contribution in [1.29, 1.82) is 0 Å². The van der Waals surface area contributed by atoms with Gasteiger partial charge in [0.25, 0.3) is 0 Å². The molecule has 1 aliphatic rings. The van der Waals surface area contributed by atoms with Crippen molar-refractivity contribution in [1.82, 2.24) is 10.2 Å². The molecule has 0 radical (unpaired) electrons. The predicted octanol–water partition coefficient (Wildman–Crippen LogP) is 3.43. The maximum Gasteiger partial charge on any atom is 0.401 e. The van der Waals surface area contributed by atoms with Gasteiger partial charge in [-0.1, -0.05) is 0 Å². The smallest absolute Gasteiger partial charge is 0.312 e. The van der Waals surface area contributed by atoms with Crippen LogP contribution in [0.3, 0.4) is 0 Å². The highest BCUT2D eigenvalue weighted by molar-refractivity contribution is 4.93. The Labute approximate surface area is 114 Å². The van der Waals surface area contributed by atoms with E-state index in [0.29, 0.717) is 5.92 Å². The molecule has 0 saturated heterocycles. The minimum atomic E-state index is -4.11. The van der Waals surface area contributed by atoms with Crippen LogP contribution in [-0.2, 0) is 0 Å². The highest BCUT2D eigenvalue weighted by Crippen LogP contribution is 2.35. The monoisotopic (exact) mass is 280 g/mol. The van der Waals surface area contributed by atoms with Crippen molar-refractivity contribution in [2.24, 2.45) is 5.92 Å². The molecule has 0 aromatic carbocycles. The number of rotatable bonds is 5. The van der Waals surface area contributed by atoms with Crippen molar-refractivity contribution < 1.29 is 13.2 Å². The third kappa shape index (κ3) is 5.69. The van der Waals surface area contributed by atoms with E-state index < -0.39 is 12.7 Å². The average Bonchev–Trinajstić information content (AvgIpc) is 2.10. The first kappa shape index (κ1) is 16.8.